The lowest BCUT2D eigenvalue weighted by Gasteiger charge is -2.15. The monoisotopic (exact) mass is 671 g/mol. The van der Waals surface area contributed by atoms with E-state index in [4.69, 9.17) is 16.4 Å². The average molecular weight is 672 g/mol. The molecule has 0 aliphatic heterocycles. The Kier molecular flexibility index (Phi) is 3.01. The topological polar surface area (TPSA) is 14.8 Å². The molecule has 3 heteroatoms. The highest BCUT2D eigenvalue weighted by atomic mass is 15.0. The highest BCUT2D eigenvalue weighted by molar-refractivity contribution is 6.17. The van der Waals surface area contributed by atoms with Crippen LogP contribution >= 0.6 is 0 Å². The molecule has 3 aromatic heterocycles. The second-order valence-corrected chi connectivity index (χ2v) is 11.7. The fourth-order valence-electron chi connectivity index (χ4n) is 6.98. The molecule has 3 nitrogen and oxygen atoms in total. The number of para-hydroxylation sites is 5. The van der Waals surface area contributed by atoms with Crippen LogP contribution in [0.4, 0.5) is 0 Å². The minimum Gasteiger partial charge on any atom is -0.309 e. The number of aromatic nitrogens is 3. The molecule has 11 aromatic rings. The van der Waals surface area contributed by atoms with Crippen LogP contribution in [0.1, 0.15) is 30.2 Å². The van der Waals surface area contributed by atoms with Gasteiger partial charge in [0.1, 0.15) is 0 Å². The smallest absolute Gasteiger partial charge is 0.0652 e. The zero-order chi connectivity index (χ0) is 52.6. The quantitative estimate of drug-likeness (QED) is 0.177. The van der Waals surface area contributed by atoms with Crippen LogP contribution in [-0.2, 0) is 0 Å². The Morgan fingerprint density at radius 1 is 0.353 bits per heavy atom. The minimum atomic E-state index is -0.928. The summed E-state index contributed by atoms with van der Waals surface area (Å²) in [5, 5.41) is -2.39. The van der Waals surface area contributed by atoms with Crippen molar-refractivity contribution < 1.29 is 30.2 Å². The molecule has 0 N–H and O–H groups in total. The van der Waals surface area contributed by atoms with Crippen molar-refractivity contribution in [2.24, 2.45) is 0 Å². The van der Waals surface area contributed by atoms with Gasteiger partial charge in [0.15, 0.2) is 0 Å². The Morgan fingerprint density at radius 3 is 1.57 bits per heavy atom. The van der Waals surface area contributed by atoms with Crippen LogP contribution in [0.5, 0.6) is 0 Å². The van der Waals surface area contributed by atoms with Crippen molar-refractivity contribution in [3.05, 3.63) is 188 Å². The van der Waals surface area contributed by atoms with Crippen molar-refractivity contribution in [1.29, 1.82) is 0 Å². The Bertz CT molecular complexity index is 4320. The molecule has 0 spiro atoms. The number of hydrogen-bond acceptors (Lipinski definition) is 0. The van der Waals surface area contributed by atoms with Gasteiger partial charge in [-0.25, -0.2) is 0 Å². The van der Waals surface area contributed by atoms with E-state index in [9.17, 15) is 13.7 Å². The van der Waals surface area contributed by atoms with Crippen molar-refractivity contribution in [3.63, 3.8) is 0 Å². The van der Waals surface area contributed by atoms with E-state index in [0.717, 1.165) is 9.13 Å². The number of nitrogens with zero attached hydrogens (tertiary/aromatic N) is 3. The lowest BCUT2D eigenvalue weighted by molar-refractivity contribution is 1.16. The third-order valence-corrected chi connectivity index (χ3v) is 9.05. The lowest BCUT2D eigenvalue weighted by atomic mass is 10.0. The van der Waals surface area contributed by atoms with Gasteiger partial charge in [-0.15, -0.1) is 0 Å². The van der Waals surface area contributed by atoms with Gasteiger partial charge in [-0.3, -0.25) is 0 Å². The molecule has 0 aliphatic rings. The first-order chi connectivity index (χ1) is 34.5. The molecule has 0 aliphatic carbocycles. The molecule has 0 bridgehead atoms. The van der Waals surface area contributed by atoms with Crippen molar-refractivity contribution >= 4 is 65.4 Å². The van der Waals surface area contributed by atoms with E-state index >= 15 is 0 Å². The lowest BCUT2D eigenvalue weighted by Crippen LogP contribution is -1.98. The fourth-order valence-corrected chi connectivity index (χ4v) is 6.98. The summed E-state index contributed by atoms with van der Waals surface area (Å²) in [7, 11) is 0. The molecule has 11 rings (SSSR count). The first-order valence-corrected chi connectivity index (χ1v) is 15.8. The van der Waals surface area contributed by atoms with E-state index in [1.54, 1.807) is 54.6 Å². The van der Waals surface area contributed by atoms with Crippen LogP contribution in [-0.4, -0.2) is 13.7 Å². The van der Waals surface area contributed by atoms with Gasteiger partial charge in [-0.05, 0) is 66.0 Å². The van der Waals surface area contributed by atoms with E-state index in [1.807, 2.05) is 0 Å². The molecule has 238 valence electrons. The van der Waals surface area contributed by atoms with Crippen molar-refractivity contribution in [3.8, 4) is 28.2 Å². The molecule has 0 saturated carbocycles. The first kappa shape index (κ1) is 14.2. The summed E-state index contributed by atoms with van der Waals surface area (Å²) >= 11 is 0. The fraction of sp³-hybridized carbons (Fsp3) is 0. The summed E-state index contributed by atoms with van der Waals surface area (Å²) in [6, 6.07) is -1.29. The second kappa shape index (κ2) is 10.8. The summed E-state index contributed by atoms with van der Waals surface area (Å²) in [5.41, 5.74) is -2.31. The van der Waals surface area contributed by atoms with E-state index in [2.05, 4.69) is 0 Å². The Morgan fingerprint density at radius 2 is 0.863 bits per heavy atom. The second-order valence-electron chi connectivity index (χ2n) is 11.7. The molecule has 0 unspecified atom stereocenters. The molecule has 0 saturated heterocycles. The van der Waals surface area contributed by atoms with E-state index in [0.29, 0.717) is 11.1 Å². The van der Waals surface area contributed by atoms with Gasteiger partial charge >= 0.3 is 0 Å². The Labute approximate surface area is 325 Å². The molecule has 0 amide bonds. The third-order valence-electron chi connectivity index (χ3n) is 9.05. The summed E-state index contributed by atoms with van der Waals surface area (Å²) in [5.74, 6) is 0. The van der Waals surface area contributed by atoms with Gasteiger partial charge < -0.3 is 13.7 Å². The Hall–Kier alpha value is -6.84. The molecular formula is C48H31N3. The van der Waals surface area contributed by atoms with Crippen LogP contribution in [0.15, 0.2) is 188 Å². The van der Waals surface area contributed by atoms with Gasteiger partial charge in [0.2, 0.25) is 0 Å². The molecule has 0 radical (unpaired) electrons. The SMILES string of the molecule is [2H]c1c([2H])c([2H])c2c(c1[2H])c1c(-n3c4c([2H])c([2H])c([2H])c([2H])c4c4c([2H])c(-n5c6c([2H])c([2H])c([2H])c([2H])c6c6c([2H])c([2H])c([2H])c([2H])c65)c([2H])c([2H])c43)c([2H])c([2H])c([2H])c1n2-c1ccccc1-c1ccccc1. The zero-order valence-corrected chi connectivity index (χ0v) is 26.0. The minimum absolute atomic E-state index is 0.206. The van der Waals surface area contributed by atoms with Crippen LogP contribution in [0, 0.1) is 0 Å². The van der Waals surface area contributed by atoms with Crippen molar-refractivity contribution in [1.82, 2.24) is 13.7 Å². The highest BCUT2D eigenvalue weighted by Crippen LogP contribution is 2.42. The standard InChI is InChI=1S/C48H31N3/c1-2-15-32(16-3-1)34-17-4-9-22-40(34)50-44-26-13-8-21-38(44)48-46(50)27-14-28-47(48)51-43-25-12-7-20-37(43)39-31-33(29-30-45(39)51)49-41-23-10-5-18-35(41)36-19-6-11-24-42(36)49/h1-31H/i5D,6D,7D,8D,10D,11D,12D,13D,14D,18D,19D,20D,21D,23D,24D,25D,26D,27D,28D,29D,30D,31D. The number of rotatable bonds is 4. The van der Waals surface area contributed by atoms with Gasteiger partial charge in [-0.2, -0.15) is 0 Å². The summed E-state index contributed by atoms with van der Waals surface area (Å²) < 4.78 is 205. The molecule has 51 heavy (non-hydrogen) atoms. The average Bonchev–Trinajstić information content (AvgIpc) is 4.05. The number of fused-ring (bicyclic) bond motifs is 9. The van der Waals surface area contributed by atoms with Gasteiger partial charge in [-0.1, -0.05) is 127 Å². The van der Waals surface area contributed by atoms with Gasteiger partial charge in [0.05, 0.1) is 74.6 Å². The first-order valence-electron chi connectivity index (χ1n) is 26.8. The van der Waals surface area contributed by atoms with Gasteiger partial charge in [0, 0.05) is 43.6 Å². The normalized spacial score (nSPS) is 18.0. The van der Waals surface area contributed by atoms with Crippen molar-refractivity contribution in [2.45, 2.75) is 0 Å². The highest BCUT2D eigenvalue weighted by Gasteiger charge is 2.21. The van der Waals surface area contributed by atoms with E-state index < -0.39 is 188 Å². The maximum atomic E-state index is 10.1. The summed E-state index contributed by atoms with van der Waals surface area (Å²) in [6.45, 7) is 0. The third kappa shape index (κ3) is 4.00. The predicted molar refractivity (Wildman–Crippen MR) is 215 cm³/mol. The maximum Gasteiger partial charge on any atom is 0.0652 e. The zero-order valence-electron chi connectivity index (χ0n) is 48.0. The van der Waals surface area contributed by atoms with Crippen molar-refractivity contribution in [2.75, 3.05) is 0 Å². The van der Waals surface area contributed by atoms with E-state index in [1.165, 1.54) is 4.57 Å². The molecule has 3 heterocycles. The molecule has 8 aromatic carbocycles. The van der Waals surface area contributed by atoms with Crippen LogP contribution in [0.25, 0.3) is 93.6 Å². The molecule has 0 atom stereocenters. The van der Waals surface area contributed by atoms with Crippen LogP contribution in [0.3, 0.4) is 0 Å². The predicted octanol–water partition coefficient (Wildman–Crippen LogP) is 12.6. The van der Waals surface area contributed by atoms with Crippen LogP contribution in [0.2, 0.25) is 0 Å². The largest absolute Gasteiger partial charge is 0.309 e. The van der Waals surface area contributed by atoms with Crippen LogP contribution < -0.4 is 0 Å². The number of hydrogen-bond donors (Lipinski definition) is 0. The molecule has 0 fully saturated rings. The maximum absolute atomic E-state index is 10.1. The number of benzene rings is 8. The molecular weight excluding hydrogens is 619 g/mol. The van der Waals surface area contributed by atoms with Gasteiger partial charge in [0.25, 0.3) is 0 Å². The summed E-state index contributed by atoms with van der Waals surface area (Å²) in [6.07, 6.45) is 0. The summed E-state index contributed by atoms with van der Waals surface area (Å²) in [4.78, 5) is 0. The Balaban J connectivity index is 1.43. The van der Waals surface area contributed by atoms with E-state index in [-0.39, 0.29) is 27.5 Å².